The van der Waals surface area contributed by atoms with E-state index in [9.17, 15) is 13.9 Å². The lowest BCUT2D eigenvalue weighted by molar-refractivity contribution is -0.142. The third kappa shape index (κ3) is 3.47. The number of pyridine rings is 1. The number of hydrogen-bond donors (Lipinski definition) is 1. The normalized spacial score (nSPS) is 33.7. The molecule has 0 bridgehead atoms. The lowest BCUT2D eigenvalue weighted by Gasteiger charge is -2.63. The van der Waals surface area contributed by atoms with Crippen LogP contribution in [-0.4, -0.2) is 87.2 Å². The Hall–Kier alpha value is -1.15. The third-order valence-corrected chi connectivity index (χ3v) is 7.32. The van der Waals surface area contributed by atoms with Crippen molar-refractivity contribution < 1.29 is 13.9 Å². The molecule has 0 amide bonds. The van der Waals surface area contributed by atoms with Gasteiger partial charge in [-0.1, -0.05) is 6.07 Å². The summed E-state index contributed by atoms with van der Waals surface area (Å²) in [5.41, 5.74) is 1.28. The van der Waals surface area contributed by atoms with Crippen molar-refractivity contribution in [2.24, 2.45) is 0 Å². The molecule has 1 aromatic heterocycles. The van der Waals surface area contributed by atoms with Crippen molar-refractivity contribution >= 4 is 0 Å². The first-order valence-corrected chi connectivity index (χ1v) is 10.6. The number of aromatic nitrogens is 1. The van der Waals surface area contributed by atoms with Gasteiger partial charge in [-0.2, -0.15) is 0 Å². The molecule has 1 spiro atoms. The lowest BCUT2D eigenvalue weighted by Crippen LogP contribution is -2.79. The maximum Gasteiger partial charge on any atom is 0.248 e. The van der Waals surface area contributed by atoms with E-state index >= 15 is 0 Å². The summed E-state index contributed by atoms with van der Waals surface area (Å²) >= 11 is 0. The van der Waals surface area contributed by atoms with Crippen LogP contribution in [0.25, 0.3) is 0 Å². The predicted molar refractivity (Wildman–Crippen MR) is 102 cm³/mol. The average Bonchev–Trinajstić information content (AvgIpc) is 3.01. The standard InChI is InChI=1S/C21H30F2N4O/c22-21(23)5-3-17(4-6-21)26-14-20(15-26)13-25(10-16-2-1-7-24-9-16)11-18-8-19(28)12-27(18)20/h1-2,7,9,17-19,28H,3-6,8,10-15H2/t18-,19+/m0/s1. The molecule has 5 rings (SSSR count). The number of aliphatic hydroxyl groups is 1. The third-order valence-electron chi connectivity index (χ3n) is 7.32. The van der Waals surface area contributed by atoms with Crippen LogP contribution in [0.4, 0.5) is 8.78 Å². The van der Waals surface area contributed by atoms with Gasteiger partial charge in [0.1, 0.15) is 0 Å². The Bertz CT molecular complexity index is 687. The molecule has 7 heteroatoms. The number of rotatable bonds is 3. The van der Waals surface area contributed by atoms with Gasteiger partial charge in [-0.05, 0) is 30.9 Å². The van der Waals surface area contributed by atoms with Crippen LogP contribution in [0.2, 0.25) is 0 Å². The first-order valence-electron chi connectivity index (χ1n) is 10.6. The van der Waals surface area contributed by atoms with Gasteiger partial charge in [-0.3, -0.25) is 19.7 Å². The predicted octanol–water partition coefficient (Wildman–Crippen LogP) is 1.96. The molecular formula is C21H30F2N4O. The van der Waals surface area contributed by atoms with Gasteiger partial charge in [-0.25, -0.2) is 8.78 Å². The van der Waals surface area contributed by atoms with E-state index in [4.69, 9.17) is 0 Å². The van der Waals surface area contributed by atoms with Crippen molar-refractivity contribution in [1.29, 1.82) is 0 Å². The molecule has 0 unspecified atom stereocenters. The van der Waals surface area contributed by atoms with E-state index < -0.39 is 5.92 Å². The Morgan fingerprint density at radius 1 is 1.11 bits per heavy atom. The fourth-order valence-electron chi connectivity index (χ4n) is 6.03. The minimum absolute atomic E-state index is 0.0271. The molecule has 28 heavy (non-hydrogen) atoms. The quantitative estimate of drug-likeness (QED) is 0.852. The minimum atomic E-state index is -2.46. The van der Waals surface area contributed by atoms with Crippen LogP contribution in [0.3, 0.4) is 0 Å². The van der Waals surface area contributed by atoms with Gasteiger partial charge in [0.2, 0.25) is 5.92 Å². The topological polar surface area (TPSA) is 42.8 Å². The molecule has 2 atom stereocenters. The van der Waals surface area contributed by atoms with E-state index in [1.165, 1.54) is 5.56 Å². The first kappa shape index (κ1) is 18.9. The zero-order valence-electron chi connectivity index (χ0n) is 16.3. The Morgan fingerprint density at radius 2 is 1.89 bits per heavy atom. The molecule has 3 saturated heterocycles. The molecule has 1 N–H and O–H groups in total. The maximum absolute atomic E-state index is 13.5. The van der Waals surface area contributed by atoms with Gasteiger partial charge >= 0.3 is 0 Å². The zero-order valence-corrected chi connectivity index (χ0v) is 16.3. The number of piperazine rings is 1. The largest absolute Gasteiger partial charge is 0.392 e. The van der Waals surface area contributed by atoms with Crippen LogP contribution in [0.5, 0.6) is 0 Å². The van der Waals surface area contributed by atoms with Gasteiger partial charge in [-0.15, -0.1) is 0 Å². The van der Waals surface area contributed by atoms with Crippen molar-refractivity contribution in [3.8, 4) is 0 Å². The lowest BCUT2D eigenvalue weighted by atomic mass is 9.80. The summed E-state index contributed by atoms with van der Waals surface area (Å²) in [6.07, 6.45) is 5.58. The van der Waals surface area contributed by atoms with Gasteiger partial charge in [0, 0.05) is 76.6 Å². The fraction of sp³-hybridized carbons (Fsp3) is 0.762. The Kier molecular flexibility index (Phi) is 4.69. The van der Waals surface area contributed by atoms with Crippen LogP contribution < -0.4 is 0 Å². The molecule has 4 fully saturated rings. The number of aliphatic hydroxyl groups excluding tert-OH is 1. The molecule has 0 aromatic carbocycles. The highest BCUT2D eigenvalue weighted by Gasteiger charge is 2.57. The summed E-state index contributed by atoms with van der Waals surface area (Å²) in [6, 6.07) is 4.78. The van der Waals surface area contributed by atoms with Crippen LogP contribution in [-0.2, 0) is 6.54 Å². The van der Waals surface area contributed by atoms with Crippen LogP contribution in [0.15, 0.2) is 24.5 Å². The van der Waals surface area contributed by atoms with Crippen molar-refractivity contribution in [2.75, 3.05) is 32.7 Å². The van der Waals surface area contributed by atoms with Gasteiger partial charge in [0.25, 0.3) is 0 Å². The smallest absolute Gasteiger partial charge is 0.248 e. The summed E-state index contributed by atoms with van der Waals surface area (Å²) in [4.78, 5) is 11.7. The zero-order chi connectivity index (χ0) is 19.4. The summed E-state index contributed by atoms with van der Waals surface area (Å²) in [6.45, 7) is 5.47. The van der Waals surface area contributed by atoms with Crippen LogP contribution in [0.1, 0.15) is 37.7 Å². The molecule has 154 valence electrons. The molecule has 5 nitrogen and oxygen atoms in total. The van der Waals surface area contributed by atoms with E-state index in [1.807, 2.05) is 12.3 Å². The SMILES string of the molecule is O[C@@H]1C[C@H]2CN(Cc3cccnc3)CC3(CN(C4CCC(F)(F)CC4)C3)N2C1. The highest BCUT2D eigenvalue weighted by atomic mass is 19.3. The first-order chi connectivity index (χ1) is 13.4. The second-order valence-corrected chi connectivity index (χ2v) is 9.44. The Labute approximate surface area is 165 Å². The van der Waals surface area contributed by atoms with E-state index in [1.54, 1.807) is 6.20 Å². The van der Waals surface area contributed by atoms with Crippen molar-refractivity contribution in [2.45, 2.75) is 68.3 Å². The second-order valence-electron chi connectivity index (χ2n) is 9.44. The highest BCUT2D eigenvalue weighted by Crippen LogP contribution is 2.43. The second kappa shape index (κ2) is 6.97. The Morgan fingerprint density at radius 3 is 2.61 bits per heavy atom. The van der Waals surface area contributed by atoms with Gasteiger partial charge < -0.3 is 5.11 Å². The molecule has 4 heterocycles. The molecule has 1 aromatic rings. The molecule has 4 aliphatic rings. The molecular weight excluding hydrogens is 362 g/mol. The number of fused-ring (bicyclic) bond motifs is 2. The highest BCUT2D eigenvalue weighted by molar-refractivity contribution is 5.16. The number of nitrogens with zero attached hydrogens (tertiary/aromatic N) is 4. The monoisotopic (exact) mass is 392 g/mol. The number of alkyl halides is 2. The van der Waals surface area contributed by atoms with Crippen molar-refractivity contribution in [3.05, 3.63) is 30.1 Å². The summed E-state index contributed by atoms with van der Waals surface area (Å²) in [5.74, 6) is -2.46. The molecule has 0 radical (unpaired) electrons. The van der Waals surface area contributed by atoms with E-state index in [0.29, 0.717) is 24.9 Å². The number of likely N-dealkylation sites (tertiary alicyclic amines) is 1. The average molecular weight is 392 g/mol. The maximum atomic E-state index is 13.5. The molecule has 1 aliphatic carbocycles. The summed E-state index contributed by atoms with van der Waals surface area (Å²) in [5, 5.41) is 10.3. The molecule has 3 aliphatic heterocycles. The summed E-state index contributed by atoms with van der Waals surface area (Å²) in [7, 11) is 0. The summed E-state index contributed by atoms with van der Waals surface area (Å²) < 4.78 is 27.0. The number of hydrogen-bond acceptors (Lipinski definition) is 5. The minimum Gasteiger partial charge on any atom is -0.392 e. The van der Waals surface area contributed by atoms with Crippen LogP contribution in [0, 0.1) is 0 Å². The number of β-amino-alcohol motifs (C(OH)–C–C–N with tert-alkyl or cyclic N) is 1. The van der Waals surface area contributed by atoms with Crippen molar-refractivity contribution in [1.82, 2.24) is 19.7 Å². The van der Waals surface area contributed by atoms with Crippen molar-refractivity contribution in [3.63, 3.8) is 0 Å². The van der Waals surface area contributed by atoms with E-state index in [2.05, 4.69) is 25.8 Å². The van der Waals surface area contributed by atoms with Crippen LogP contribution >= 0.6 is 0 Å². The number of halogens is 2. The molecule has 1 saturated carbocycles. The van der Waals surface area contributed by atoms with Gasteiger partial charge in [0.15, 0.2) is 0 Å². The Balaban J connectivity index is 1.27. The van der Waals surface area contributed by atoms with E-state index in [0.717, 1.165) is 45.7 Å². The van der Waals surface area contributed by atoms with E-state index in [-0.39, 0.29) is 24.5 Å². The van der Waals surface area contributed by atoms with Gasteiger partial charge in [0.05, 0.1) is 11.6 Å². The fourth-order valence-corrected chi connectivity index (χ4v) is 6.03.